The molecule has 0 unspecified atom stereocenters. The average Bonchev–Trinajstić information content (AvgIpc) is 2.30. The zero-order chi connectivity index (χ0) is 12.3. The molecule has 1 aromatic carbocycles. The van der Waals surface area contributed by atoms with E-state index in [2.05, 4.69) is 48.0 Å². The van der Waals surface area contributed by atoms with E-state index >= 15 is 0 Å². The average molecular weight is 227 g/mol. The maximum Gasteiger partial charge on any atom is 0.125 e. The number of nitrogens with zero attached hydrogens (tertiary/aromatic N) is 2. The van der Waals surface area contributed by atoms with E-state index in [0.717, 1.165) is 12.2 Å². The second-order valence-corrected chi connectivity index (χ2v) is 4.02. The molecular formula is C14H17N3. The van der Waals surface area contributed by atoms with Crippen LogP contribution in [0.5, 0.6) is 0 Å². The monoisotopic (exact) mass is 227 g/mol. The van der Waals surface area contributed by atoms with Gasteiger partial charge in [-0.05, 0) is 37.6 Å². The number of aryl methyl sites for hydroxylation is 1. The van der Waals surface area contributed by atoms with Gasteiger partial charge in [-0.2, -0.15) is 0 Å². The van der Waals surface area contributed by atoms with E-state index in [0.29, 0.717) is 5.82 Å². The van der Waals surface area contributed by atoms with Crippen molar-refractivity contribution in [2.45, 2.75) is 13.8 Å². The molecule has 0 bridgehead atoms. The number of benzene rings is 1. The molecule has 3 nitrogen and oxygen atoms in total. The van der Waals surface area contributed by atoms with E-state index in [1.807, 2.05) is 12.1 Å². The van der Waals surface area contributed by atoms with Crippen LogP contribution in [0.2, 0.25) is 0 Å². The Hall–Kier alpha value is -2.03. The van der Waals surface area contributed by atoms with Crippen molar-refractivity contribution < 1.29 is 0 Å². The molecule has 0 aliphatic heterocycles. The van der Waals surface area contributed by atoms with Gasteiger partial charge in [0.05, 0.1) is 0 Å². The van der Waals surface area contributed by atoms with Gasteiger partial charge in [0.1, 0.15) is 5.82 Å². The third-order valence-corrected chi connectivity index (χ3v) is 2.71. The predicted octanol–water partition coefficient (Wildman–Crippen LogP) is 3.13. The Kier molecular flexibility index (Phi) is 3.28. The van der Waals surface area contributed by atoms with E-state index in [4.69, 9.17) is 5.73 Å². The molecule has 0 radical (unpaired) electrons. The number of nitrogen functional groups attached to an aromatic ring is 1. The van der Waals surface area contributed by atoms with E-state index in [1.165, 1.54) is 11.3 Å². The summed E-state index contributed by atoms with van der Waals surface area (Å²) in [5, 5.41) is 0. The van der Waals surface area contributed by atoms with E-state index in [-0.39, 0.29) is 0 Å². The lowest BCUT2D eigenvalue weighted by molar-refractivity contribution is 1.02. The van der Waals surface area contributed by atoms with Gasteiger partial charge in [-0.3, -0.25) is 0 Å². The van der Waals surface area contributed by atoms with Crippen LogP contribution in [0.3, 0.4) is 0 Å². The minimum atomic E-state index is 0.550. The topological polar surface area (TPSA) is 42.2 Å². The number of anilines is 3. The fraction of sp³-hybridized carbons (Fsp3) is 0.214. The molecule has 0 saturated heterocycles. The zero-order valence-corrected chi connectivity index (χ0v) is 10.2. The smallest absolute Gasteiger partial charge is 0.125 e. The highest BCUT2D eigenvalue weighted by Crippen LogP contribution is 2.26. The highest BCUT2D eigenvalue weighted by Gasteiger charge is 2.07. The largest absolute Gasteiger partial charge is 0.384 e. The lowest BCUT2D eigenvalue weighted by Gasteiger charge is -2.23. The first-order valence-corrected chi connectivity index (χ1v) is 5.76. The second kappa shape index (κ2) is 4.87. The summed E-state index contributed by atoms with van der Waals surface area (Å²) in [4.78, 5) is 6.23. The third-order valence-electron chi connectivity index (χ3n) is 2.71. The van der Waals surface area contributed by atoms with Gasteiger partial charge in [-0.1, -0.05) is 12.1 Å². The Bertz CT molecular complexity index is 463. The van der Waals surface area contributed by atoms with Gasteiger partial charge in [-0.15, -0.1) is 0 Å². The van der Waals surface area contributed by atoms with Crippen molar-refractivity contribution >= 4 is 17.2 Å². The summed E-state index contributed by atoms with van der Waals surface area (Å²) in [7, 11) is 0. The van der Waals surface area contributed by atoms with E-state index in [1.54, 1.807) is 6.20 Å². The number of aromatic nitrogens is 1. The molecule has 1 heterocycles. The normalized spacial score (nSPS) is 10.2. The van der Waals surface area contributed by atoms with Crippen LogP contribution in [0.25, 0.3) is 0 Å². The summed E-state index contributed by atoms with van der Waals surface area (Å²) in [5.74, 6) is 0.550. The minimum absolute atomic E-state index is 0.550. The number of rotatable bonds is 3. The molecule has 0 spiro atoms. The molecule has 1 aromatic heterocycles. The molecule has 17 heavy (non-hydrogen) atoms. The van der Waals surface area contributed by atoms with Crippen LogP contribution in [0.15, 0.2) is 42.6 Å². The van der Waals surface area contributed by atoms with Gasteiger partial charge in [0.15, 0.2) is 0 Å². The Balaban J connectivity index is 2.40. The number of pyridine rings is 1. The lowest BCUT2D eigenvalue weighted by atomic mass is 10.2. The maximum atomic E-state index is 5.72. The molecule has 0 aliphatic rings. The molecule has 0 atom stereocenters. The molecule has 2 N–H and O–H groups in total. The van der Waals surface area contributed by atoms with Gasteiger partial charge in [0.2, 0.25) is 0 Å². The Morgan fingerprint density at radius 2 is 1.94 bits per heavy atom. The van der Waals surface area contributed by atoms with Crippen molar-refractivity contribution in [3.8, 4) is 0 Å². The first kappa shape index (κ1) is 11.5. The van der Waals surface area contributed by atoms with Crippen molar-refractivity contribution in [3.63, 3.8) is 0 Å². The van der Waals surface area contributed by atoms with Gasteiger partial charge < -0.3 is 10.6 Å². The highest BCUT2D eigenvalue weighted by molar-refractivity contribution is 5.65. The highest BCUT2D eigenvalue weighted by atomic mass is 15.1. The minimum Gasteiger partial charge on any atom is -0.384 e. The summed E-state index contributed by atoms with van der Waals surface area (Å²) < 4.78 is 0. The summed E-state index contributed by atoms with van der Waals surface area (Å²) in [5.41, 5.74) is 9.23. The van der Waals surface area contributed by atoms with Gasteiger partial charge >= 0.3 is 0 Å². The summed E-state index contributed by atoms with van der Waals surface area (Å²) >= 11 is 0. The molecule has 3 heteroatoms. The molecule has 0 saturated carbocycles. The van der Waals surface area contributed by atoms with Crippen LogP contribution in [0.4, 0.5) is 17.2 Å². The summed E-state index contributed by atoms with van der Waals surface area (Å²) in [6.07, 6.45) is 1.74. The van der Waals surface area contributed by atoms with Crippen molar-refractivity contribution in [2.75, 3.05) is 17.2 Å². The fourth-order valence-corrected chi connectivity index (χ4v) is 1.91. The van der Waals surface area contributed by atoms with Crippen LogP contribution in [-0.2, 0) is 0 Å². The lowest BCUT2D eigenvalue weighted by Crippen LogP contribution is -2.16. The number of hydrogen-bond donors (Lipinski definition) is 1. The Morgan fingerprint density at radius 3 is 2.59 bits per heavy atom. The molecule has 0 aliphatic carbocycles. The van der Waals surface area contributed by atoms with E-state index in [9.17, 15) is 0 Å². The van der Waals surface area contributed by atoms with Crippen LogP contribution in [0.1, 0.15) is 12.5 Å². The molecule has 0 fully saturated rings. The first-order chi connectivity index (χ1) is 8.20. The van der Waals surface area contributed by atoms with Gasteiger partial charge in [0.25, 0.3) is 0 Å². The van der Waals surface area contributed by atoms with Crippen LogP contribution in [-0.4, -0.2) is 11.5 Å². The first-order valence-electron chi connectivity index (χ1n) is 5.76. The van der Waals surface area contributed by atoms with Crippen molar-refractivity contribution in [1.82, 2.24) is 4.98 Å². The molecule has 0 amide bonds. The van der Waals surface area contributed by atoms with Crippen molar-refractivity contribution in [2.24, 2.45) is 0 Å². The Labute approximate surface area is 102 Å². The fourth-order valence-electron chi connectivity index (χ4n) is 1.91. The molecule has 2 rings (SSSR count). The van der Waals surface area contributed by atoms with Gasteiger partial charge in [-0.25, -0.2) is 4.98 Å². The maximum absolute atomic E-state index is 5.72. The van der Waals surface area contributed by atoms with Crippen LogP contribution < -0.4 is 10.6 Å². The van der Waals surface area contributed by atoms with Crippen molar-refractivity contribution in [1.29, 1.82) is 0 Å². The van der Waals surface area contributed by atoms with Crippen molar-refractivity contribution in [3.05, 3.63) is 48.2 Å². The molecule has 88 valence electrons. The summed E-state index contributed by atoms with van der Waals surface area (Å²) in [6, 6.07) is 12.3. The van der Waals surface area contributed by atoms with Crippen LogP contribution in [0, 0.1) is 6.92 Å². The number of nitrogens with two attached hydrogens (primary N) is 1. The number of hydrogen-bond acceptors (Lipinski definition) is 3. The standard InChI is InChI=1S/C14H17N3/c1-3-17(12-6-4-5-11(2)9-12)13-7-8-16-14(15)10-13/h4-10H,3H2,1-2H3,(H2,15,16). The Morgan fingerprint density at radius 1 is 1.18 bits per heavy atom. The third kappa shape index (κ3) is 2.56. The predicted molar refractivity (Wildman–Crippen MR) is 72.5 cm³/mol. The SMILES string of the molecule is CCN(c1cccc(C)c1)c1ccnc(N)c1. The zero-order valence-electron chi connectivity index (χ0n) is 10.2. The molecule has 2 aromatic rings. The molecular weight excluding hydrogens is 210 g/mol. The van der Waals surface area contributed by atoms with Gasteiger partial charge in [0, 0.05) is 30.2 Å². The van der Waals surface area contributed by atoms with E-state index < -0.39 is 0 Å². The van der Waals surface area contributed by atoms with Crippen LogP contribution >= 0.6 is 0 Å². The summed E-state index contributed by atoms with van der Waals surface area (Å²) in [6.45, 7) is 5.12. The second-order valence-electron chi connectivity index (χ2n) is 4.02. The quantitative estimate of drug-likeness (QED) is 0.876.